The number of para-hydroxylation sites is 1. The van der Waals surface area contributed by atoms with Gasteiger partial charge < -0.3 is 10.8 Å². The zero-order valence-electron chi connectivity index (χ0n) is 8.60. The van der Waals surface area contributed by atoms with E-state index in [9.17, 15) is 9.90 Å². The Bertz CT molecular complexity index is 399. The average Bonchev–Trinajstić information content (AvgIpc) is 2.96. The van der Waals surface area contributed by atoms with Crippen LogP contribution in [0.4, 0.5) is 10.5 Å². The Labute approximate surface area is 88.3 Å². The van der Waals surface area contributed by atoms with Crippen LogP contribution in [0.5, 0.6) is 0 Å². The van der Waals surface area contributed by atoms with E-state index in [4.69, 9.17) is 5.73 Å². The molecule has 1 fully saturated rings. The summed E-state index contributed by atoms with van der Waals surface area (Å²) in [7, 11) is 1.60. The standard InChI is InChI=1S/C11H14N2O2/c1-13(10(12)14)9-5-3-2-4-8(9)11(15)6-7-11/h2-5,15H,6-7H2,1H3,(H2,12,14). The highest BCUT2D eigenvalue weighted by atomic mass is 16.3. The molecule has 2 rings (SSSR count). The van der Waals surface area contributed by atoms with E-state index in [1.54, 1.807) is 13.1 Å². The third-order valence-corrected chi connectivity index (χ3v) is 2.82. The second-order valence-corrected chi connectivity index (χ2v) is 3.95. The molecule has 2 amide bonds. The maximum absolute atomic E-state index is 11.1. The molecule has 15 heavy (non-hydrogen) atoms. The Morgan fingerprint density at radius 3 is 2.60 bits per heavy atom. The van der Waals surface area contributed by atoms with Crippen molar-refractivity contribution in [1.29, 1.82) is 0 Å². The molecule has 0 saturated heterocycles. The fourth-order valence-corrected chi connectivity index (χ4v) is 1.67. The highest BCUT2D eigenvalue weighted by Crippen LogP contribution is 2.48. The van der Waals surface area contributed by atoms with Crippen LogP contribution in [0.15, 0.2) is 24.3 Å². The second kappa shape index (κ2) is 3.24. The Morgan fingerprint density at radius 2 is 2.07 bits per heavy atom. The summed E-state index contributed by atoms with van der Waals surface area (Å²) in [5, 5.41) is 10.0. The van der Waals surface area contributed by atoms with Gasteiger partial charge in [0, 0.05) is 12.6 Å². The van der Waals surface area contributed by atoms with E-state index in [-0.39, 0.29) is 0 Å². The molecule has 0 aromatic heterocycles. The molecule has 0 spiro atoms. The number of urea groups is 1. The van der Waals surface area contributed by atoms with E-state index in [1.807, 2.05) is 18.2 Å². The lowest BCUT2D eigenvalue weighted by atomic mass is 10.0. The van der Waals surface area contributed by atoms with Crippen molar-refractivity contribution in [3.05, 3.63) is 29.8 Å². The average molecular weight is 206 g/mol. The van der Waals surface area contributed by atoms with Crippen molar-refractivity contribution < 1.29 is 9.90 Å². The molecule has 0 bridgehead atoms. The van der Waals surface area contributed by atoms with Crippen LogP contribution in [0, 0.1) is 0 Å². The normalized spacial score (nSPS) is 17.2. The van der Waals surface area contributed by atoms with Crippen LogP contribution in [-0.2, 0) is 5.60 Å². The summed E-state index contributed by atoms with van der Waals surface area (Å²) in [6.07, 6.45) is 1.49. The van der Waals surface area contributed by atoms with Crippen LogP contribution in [0.2, 0.25) is 0 Å². The summed E-state index contributed by atoms with van der Waals surface area (Å²) >= 11 is 0. The zero-order chi connectivity index (χ0) is 11.1. The summed E-state index contributed by atoms with van der Waals surface area (Å²) in [4.78, 5) is 12.4. The first kappa shape index (κ1) is 9.98. The van der Waals surface area contributed by atoms with Crippen LogP contribution < -0.4 is 10.6 Å². The smallest absolute Gasteiger partial charge is 0.319 e. The van der Waals surface area contributed by atoms with Gasteiger partial charge in [0.15, 0.2) is 0 Å². The number of primary amides is 1. The van der Waals surface area contributed by atoms with Crippen molar-refractivity contribution in [2.45, 2.75) is 18.4 Å². The molecular formula is C11H14N2O2. The van der Waals surface area contributed by atoms with Crippen molar-refractivity contribution >= 4 is 11.7 Å². The van der Waals surface area contributed by atoms with Crippen LogP contribution >= 0.6 is 0 Å². The number of anilines is 1. The molecule has 4 heteroatoms. The van der Waals surface area contributed by atoms with Gasteiger partial charge in [-0.25, -0.2) is 4.79 Å². The van der Waals surface area contributed by atoms with Gasteiger partial charge in [0.25, 0.3) is 0 Å². The SMILES string of the molecule is CN(C(N)=O)c1ccccc1C1(O)CC1. The third-order valence-electron chi connectivity index (χ3n) is 2.82. The van der Waals surface area contributed by atoms with Crippen molar-refractivity contribution in [2.24, 2.45) is 5.73 Å². The molecule has 80 valence electrons. The number of hydrogen-bond donors (Lipinski definition) is 2. The predicted molar refractivity (Wildman–Crippen MR) is 57.6 cm³/mol. The first-order valence-corrected chi connectivity index (χ1v) is 4.90. The van der Waals surface area contributed by atoms with Gasteiger partial charge in [0.2, 0.25) is 0 Å². The topological polar surface area (TPSA) is 66.6 Å². The van der Waals surface area contributed by atoms with Crippen LogP contribution in [0.3, 0.4) is 0 Å². The van der Waals surface area contributed by atoms with Crippen molar-refractivity contribution in [3.63, 3.8) is 0 Å². The molecule has 0 unspecified atom stereocenters. The fraction of sp³-hybridized carbons (Fsp3) is 0.364. The monoisotopic (exact) mass is 206 g/mol. The lowest BCUT2D eigenvalue weighted by molar-refractivity contribution is 0.152. The fourth-order valence-electron chi connectivity index (χ4n) is 1.67. The number of carbonyl (C=O) groups excluding carboxylic acids is 1. The van der Waals surface area contributed by atoms with E-state index in [2.05, 4.69) is 0 Å². The Hall–Kier alpha value is -1.55. The zero-order valence-corrected chi connectivity index (χ0v) is 8.60. The maximum Gasteiger partial charge on any atom is 0.319 e. The molecular weight excluding hydrogens is 192 g/mol. The summed E-state index contributed by atoms with van der Waals surface area (Å²) < 4.78 is 0. The molecule has 4 nitrogen and oxygen atoms in total. The minimum absolute atomic E-state index is 0.522. The summed E-state index contributed by atoms with van der Waals surface area (Å²) in [6, 6.07) is 6.78. The number of nitrogens with zero attached hydrogens (tertiary/aromatic N) is 1. The highest BCUT2D eigenvalue weighted by molar-refractivity contribution is 5.91. The molecule has 1 saturated carbocycles. The van der Waals surface area contributed by atoms with E-state index in [1.165, 1.54) is 4.90 Å². The molecule has 1 aliphatic rings. The summed E-state index contributed by atoms with van der Waals surface area (Å²) in [6.45, 7) is 0. The number of nitrogens with two attached hydrogens (primary N) is 1. The van der Waals surface area contributed by atoms with E-state index in [0.29, 0.717) is 5.69 Å². The van der Waals surface area contributed by atoms with Gasteiger partial charge in [-0.05, 0) is 18.9 Å². The van der Waals surface area contributed by atoms with Gasteiger partial charge >= 0.3 is 6.03 Å². The van der Waals surface area contributed by atoms with Crippen molar-refractivity contribution in [3.8, 4) is 0 Å². The number of rotatable bonds is 2. The van der Waals surface area contributed by atoms with Gasteiger partial charge in [-0.3, -0.25) is 4.90 Å². The first-order valence-electron chi connectivity index (χ1n) is 4.90. The molecule has 1 aromatic carbocycles. The number of carbonyl (C=O) groups is 1. The van der Waals surface area contributed by atoms with E-state index >= 15 is 0 Å². The maximum atomic E-state index is 11.1. The lowest BCUT2D eigenvalue weighted by Crippen LogP contribution is -2.33. The lowest BCUT2D eigenvalue weighted by Gasteiger charge is -2.21. The van der Waals surface area contributed by atoms with E-state index in [0.717, 1.165) is 18.4 Å². The van der Waals surface area contributed by atoms with Gasteiger partial charge in [-0.15, -0.1) is 0 Å². The summed E-state index contributed by atoms with van der Waals surface area (Å²) in [5.74, 6) is 0. The molecule has 0 heterocycles. The number of aliphatic hydroxyl groups is 1. The first-order chi connectivity index (χ1) is 7.04. The Balaban J connectivity index is 2.42. The Kier molecular flexibility index (Phi) is 2.16. The number of amides is 2. The van der Waals surface area contributed by atoms with Gasteiger partial charge in [0.05, 0.1) is 11.3 Å². The number of hydrogen-bond acceptors (Lipinski definition) is 2. The number of benzene rings is 1. The van der Waals surface area contributed by atoms with Gasteiger partial charge in [0.1, 0.15) is 0 Å². The largest absolute Gasteiger partial charge is 0.385 e. The molecule has 1 aromatic rings. The molecule has 0 atom stereocenters. The molecule has 0 radical (unpaired) electrons. The summed E-state index contributed by atoms with van der Waals surface area (Å²) in [5.41, 5.74) is 5.93. The highest BCUT2D eigenvalue weighted by Gasteiger charge is 2.44. The van der Waals surface area contributed by atoms with Crippen molar-refractivity contribution in [1.82, 2.24) is 0 Å². The predicted octanol–water partition coefficient (Wildman–Crippen LogP) is 1.18. The molecule has 1 aliphatic carbocycles. The van der Waals surface area contributed by atoms with Crippen molar-refractivity contribution in [2.75, 3.05) is 11.9 Å². The molecule has 3 N–H and O–H groups in total. The molecule has 0 aliphatic heterocycles. The minimum atomic E-state index is -0.750. The van der Waals surface area contributed by atoms with Gasteiger partial charge in [-0.1, -0.05) is 18.2 Å². The van der Waals surface area contributed by atoms with Crippen LogP contribution in [-0.4, -0.2) is 18.2 Å². The Morgan fingerprint density at radius 1 is 1.47 bits per heavy atom. The quantitative estimate of drug-likeness (QED) is 0.763. The second-order valence-electron chi connectivity index (χ2n) is 3.95. The van der Waals surface area contributed by atoms with Crippen LogP contribution in [0.1, 0.15) is 18.4 Å². The van der Waals surface area contributed by atoms with Gasteiger partial charge in [-0.2, -0.15) is 0 Å². The third kappa shape index (κ3) is 1.68. The minimum Gasteiger partial charge on any atom is -0.385 e. The van der Waals surface area contributed by atoms with Crippen LogP contribution in [0.25, 0.3) is 0 Å². The van der Waals surface area contributed by atoms with E-state index < -0.39 is 11.6 Å².